The Morgan fingerprint density at radius 3 is 2.85 bits per heavy atom. The number of tetrazole rings is 1. The topological polar surface area (TPSA) is 75.9 Å². The first-order valence-corrected chi connectivity index (χ1v) is 6.59. The van der Waals surface area contributed by atoms with Gasteiger partial charge in [0.15, 0.2) is 5.82 Å². The van der Waals surface area contributed by atoms with Crippen molar-refractivity contribution in [1.29, 1.82) is 0 Å². The monoisotopic (exact) mass is 272 g/mol. The quantitative estimate of drug-likeness (QED) is 0.823. The molecule has 0 aliphatic carbocycles. The molecule has 0 radical (unpaired) electrons. The molecule has 1 aliphatic heterocycles. The lowest BCUT2D eigenvalue weighted by molar-refractivity contribution is -0.124. The van der Waals surface area contributed by atoms with Gasteiger partial charge in [0.05, 0.1) is 19.6 Å². The summed E-state index contributed by atoms with van der Waals surface area (Å²) >= 11 is 0. The Morgan fingerprint density at radius 2 is 2.05 bits per heavy atom. The smallest absolute Gasteiger partial charge is 0.234 e. The standard InChI is InChI=1S/C13H16N6O/c20-13-10-18(7-6-14-13)9-12-15-16-17-19(12)8-11-4-2-1-3-5-11/h1-5H,6-10H2,(H,14,20). The zero-order valence-electron chi connectivity index (χ0n) is 11.1. The molecule has 0 saturated carbocycles. The second-order valence-electron chi connectivity index (χ2n) is 4.80. The summed E-state index contributed by atoms with van der Waals surface area (Å²) < 4.78 is 1.78. The lowest BCUT2D eigenvalue weighted by Gasteiger charge is -2.25. The summed E-state index contributed by atoms with van der Waals surface area (Å²) in [6.07, 6.45) is 0. The fraction of sp³-hybridized carbons (Fsp3) is 0.385. The number of hydrogen-bond acceptors (Lipinski definition) is 5. The van der Waals surface area contributed by atoms with E-state index in [1.807, 2.05) is 35.2 Å². The van der Waals surface area contributed by atoms with Crippen LogP contribution in [-0.4, -0.2) is 50.6 Å². The lowest BCUT2D eigenvalue weighted by atomic mass is 10.2. The van der Waals surface area contributed by atoms with Crippen LogP contribution in [0, 0.1) is 0 Å². The van der Waals surface area contributed by atoms with Crippen molar-refractivity contribution < 1.29 is 4.79 Å². The highest BCUT2D eigenvalue weighted by molar-refractivity contribution is 5.78. The van der Waals surface area contributed by atoms with Gasteiger partial charge >= 0.3 is 0 Å². The fourth-order valence-electron chi connectivity index (χ4n) is 2.24. The number of benzene rings is 1. The zero-order valence-corrected chi connectivity index (χ0v) is 11.1. The number of nitrogens with one attached hydrogen (secondary N) is 1. The second kappa shape index (κ2) is 5.79. The number of nitrogens with zero attached hydrogens (tertiary/aromatic N) is 5. The van der Waals surface area contributed by atoms with Gasteiger partial charge in [0.1, 0.15) is 0 Å². The first-order valence-electron chi connectivity index (χ1n) is 6.59. The van der Waals surface area contributed by atoms with Crippen LogP contribution in [0.15, 0.2) is 30.3 Å². The SMILES string of the molecule is O=C1CN(Cc2nnnn2Cc2ccccc2)CCN1. The summed E-state index contributed by atoms with van der Waals surface area (Å²) in [4.78, 5) is 13.4. The Balaban J connectivity index is 1.69. The van der Waals surface area contributed by atoms with Crippen LogP contribution in [0.1, 0.15) is 11.4 Å². The third-order valence-electron chi connectivity index (χ3n) is 3.26. The summed E-state index contributed by atoms with van der Waals surface area (Å²) in [7, 11) is 0. The predicted molar refractivity (Wildman–Crippen MR) is 71.6 cm³/mol. The Kier molecular flexibility index (Phi) is 3.69. The normalized spacial score (nSPS) is 16.1. The van der Waals surface area contributed by atoms with Crippen LogP contribution in [0.3, 0.4) is 0 Å². The molecule has 2 heterocycles. The van der Waals surface area contributed by atoms with Crippen LogP contribution in [-0.2, 0) is 17.9 Å². The average Bonchev–Trinajstić information content (AvgIpc) is 2.87. The molecule has 0 bridgehead atoms. The van der Waals surface area contributed by atoms with Crippen molar-refractivity contribution in [3.63, 3.8) is 0 Å². The van der Waals surface area contributed by atoms with Crippen LogP contribution in [0.4, 0.5) is 0 Å². The van der Waals surface area contributed by atoms with Crippen LogP contribution < -0.4 is 5.32 Å². The van der Waals surface area contributed by atoms with Gasteiger partial charge < -0.3 is 5.32 Å². The van der Waals surface area contributed by atoms with Crippen LogP contribution in [0.5, 0.6) is 0 Å². The molecule has 1 aliphatic rings. The summed E-state index contributed by atoms with van der Waals surface area (Å²) in [5.74, 6) is 0.835. The maximum Gasteiger partial charge on any atom is 0.234 e. The highest BCUT2D eigenvalue weighted by atomic mass is 16.2. The van der Waals surface area contributed by atoms with E-state index in [1.54, 1.807) is 4.68 Å². The third kappa shape index (κ3) is 3.00. The van der Waals surface area contributed by atoms with Crippen molar-refractivity contribution in [2.24, 2.45) is 0 Å². The van der Waals surface area contributed by atoms with E-state index in [1.165, 1.54) is 0 Å². The molecule has 1 saturated heterocycles. The van der Waals surface area contributed by atoms with Crippen molar-refractivity contribution in [1.82, 2.24) is 30.4 Å². The molecule has 1 N–H and O–H groups in total. The second-order valence-corrected chi connectivity index (χ2v) is 4.80. The van der Waals surface area contributed by atoms with Gasteiger partial charge in [-0.15, -0.1) is 5.10 Å². The number of piperazine rings is 1. The van der Waals surface area contributed by atoms with Crippen LogP contribution in [0.25, 0.3) is 0 Å². The van der Waals surface area contributed by atoms with Gasteiger partial charge in [-0.2, -0.15) is 0 Å². The molecular weight excluding hydrogens is 256 g/mol. The predicted octanol–water partition coefficient (Wildman–Crippen LogP) is -0.347. The molecule has 1 aromatic heterocycles. The van der Waals surface area contributed by atoms with Gasteiger partial charge in [-0.3, -0.25) is 9.69 Å². The summed E-state index contributed by atoms with van der Waals surface area (Å²) in [6, 6.07) is 10.1. The number of hydrogen-bond donors (Lipinski definition) is 1. The Hall–Kier alpha value is -2.28. The molecule has 20 heavy (non-hydrogen) atoms. The van der Waals surface area contributed by atoms with E-state index in [-0.39, 0.29) is 5.91 Å². The Bertz CT molecular complexity index is 582. The number of carbonyl (C=O) groups excluding carboxylic acids is 1. The van der Waals surface area contributed by atoms with E-state index in [0.717, 1.165) is 17.9 Å². The Morgan fingerprint density at radius 1 is 1.20 bits per heavy atom. The third-order valence-corrected chi connectivity index (χ3v) is 3.26. The molecule has 7 nitrogen and oxygen atoms in total. The van der Waals surface area contributed by atoms with Gasteiger partial charge in [0, 0.05) is 13.1 Å². The molecule has 0 atom stereocenters. The van der Waals surface area contributed by atoms with Gasteiger partial charge in [-0.1, -0.05) is 30.3 Å². The van der Waals surface area contributed by atoms with Crippen LogP contribution >= 0.6 is 0 Å². The minimum absolute atomic E-state index is 0.0540. The molecule has 0 spiro atoms. The van der Waals surface area contributed by atoms with Crippen LogP contribution in [0.2, 0.25) is 0 Å². The summed E-state index contributed by atoms with van der Waals surface area (Å²) in [6.45, 7) is 3.14. The maximum atomic E-state index is 11.4. The number of aromatic nitrogens is 4. The number of carbonyl (C=O) groups is 1. The summed E-state index contributed by atoms with van der Waals surface area (Å²) in [5, 5.41) is 14.6. The van der Waals surface area contributed by atoms with E-state index in [2.05, 4.69) is 20.8 Å². The van der Waals surface area contributed by atoms with Crippen molar-refractivity contribution in [3.8, 4) is 0 Å². The molecule has 7 heteroatoms. The van der Waals surface area contributed by atoms with Crippen molar-refractivity contribution in [2.45, 2.75) is 13.1 Å². The molecule has 3 rings (SSSR count). The molecule has 1 aromatic carbocycles. The Labute approximate surface area is 116 Å². The molecule has 104 valence electrons. The molecular formula is C13H16N6O. The van der Waals surface area contributed by atoms with Crippen molar-refractivity contribution in [2.75, 3.05) is 19.6 Å². The first-order chi connectivity index (χ1) is 9.81. The maximum absolute atomic E-state index is 11.4. The zero-order chi connectivity index (χ0) is 13.8. The van der Waals surface area contributed by atoms with Gasteiger partial charge in [-0.05, 0) is 16.0 Å². The number of amides is 1. The molecule has 2 aromatic rings. The first kappa shape index (κ1) is 12.7. The van der Waals surface area contributed by atoms with Gasteiger partial charge in [0.2, 0.25) is 5.91 Å². The van der Waals surface area contributed by atoms with Gasteiger partial charge in [-0.25, -0.2) is 4.68 Å². The molecule has 1 fully saturated rings. The van der Waals surface area contributed by atoms with E-state index in [9.17, 15) is 4.79 Å². The average molecular weight is 272 g/mol. The largest absolute Gasteiger partial charge is 0.354 e. The summed E-state index contributed by atoms with van der Waals surface area (Å²) in [5.41, 5.74) is 1.15. The van der Waals surface area contributed by atoms with Crippen molar-refractivity contribution >= 4 is 5.91 Å². The lowest BCUT2D eigenvalue weighted by Crippen LogP contribution is -2.47. The van der Waals surface area contributed by atoms with E-state index < -0.39 is 0 Å². The van der Waals surface area contributed by atoms with Gasteiger partial charge in [0.25, 0.3) is 0 Å². The minimum Gasteiger partial charge on any atom is -0.354 e. The molecule has 0 unspecified atom stereocenters. The number of rotatable bonds is 4. The minimum atomic E-state index is 0.0540. The van der Waals surface area contributed by atoms with E-state index in [4.69, 9.17) is 0 Å². The van der Waals surface area contributed by atoms with E-state index in [0.29, 0.717) is 26.2 Å². The van der Waals surface area contributed by atoms with Crippen molar-refractivity contribution in [3.05, 3.63) is 41.7 Å². The van der Waals surface area contributed by atoms with E-state index >= 15 is 0 Å². The highest BCUT2D eigenvalue weighted by Crippen LogP contribution is 2.06. The fourth-order valence-corrected chi connectivity index (χ4v) is 2.24. The highest BCUT2D eigenvalue weighted by Gasteiger charge is 2.18. The molecule has 1 amide bonds.